The van der Waals surface area contributed by atoms with Crippen LogP contribution in [-0.4, -0.2) is 34.8 Å². The fraction of sp³-hybridized carbons (Fsp3) is 0.300. The first-order valence-electron chi connectivity index (χ1n) is 8.99. The Morgan fingerprint density at radius 3 is 2.28 bits per heavy atom. The lowest BCUT2D eigenvalue weighted by Crippen LogP contribution is -2.35. The van der Waals surface area contributed by atoms with Crippen LogP contribution in [0.25, 0.3) is 22.2 Å². The summed E-state index contributed by atoms with van der Waals surface area (Å²) in [6.07, 6.45) is -4.76. The molecule has 154 valence electrons. The van der Waals surface area contributed by atoms with Crippen molar-refractivity contribution in [2.45, 2.75) is 26.8 Å². The molecule has 1 heterocycles. The number of fused-ring (bicyclic) bond motifs is 1. The highest BCUT2D eigenvalue weighted by Crippen LogP contribution is 2.28. The van der Waals surface area contributed by atoms with Gasteiger partial charge in [0.2, 0.25) is 5.91 Å². The van der Waals surface area contributed by atoms with Gasteiger partial charge in [-0.1, -0.05) is 18.2 Å². The fourth-order valence-electron chi connectivity index (χ4n) is 3.05. The van der Waals surface area contributed by atoms with Gasteiger partial charge in [0.05, 0.1) is 5.52 Å². The maximum Gasteiger partial charge on any atom is 0.573 e. The summed E-state index contributed by atoms with van der Waals surface area (Å²) in [4.78, 5) is 26.2. The number of carbonyl (C=O) groups excluding carboxylic acids is 1. The smallest absolute Gasteiger partial charge is 0.408 e. The third kappa shape index (κ3) is 4.61. The topological polar surface area (TPSA) is 64.7 Å². The average molecular weight is 408 g/mol. The molecule has 0 saturated heterocycles. The molecule has 9 heteroatoms. The van der Waals surface area contributed by atoms with Crippen molar-refractivity contribution in [2.24, 2.45) is 0 Å². The molecule has 6 nitrogen and oxygen atoms in total. The molecule has 0 aliphatic heterocycles. The number of alkyl halides is 3. The summed E-state index contributed by atoms with van der Waals surface area (Å²) in [5.41, 5.74) is 2.03. The number of nitrogens with zero attached hydrogens (tertiary/aromatic N) is 2. The van der Waals surface area contributed by atoms with Crippen molar-refractivity contribution in [2.75, 3.05) is 13.1 Å². The number of halogens is 3. The van der Waals surface area contributed by atoms with Crippen molar-refractivity contribution >= 4 is 17.0 Å². The van der Waals surface area contributed by atoms with Gasteiger partial charge in [-0.25, -0.2) is 4.79 Å². The van der Waals surface area contributed by atoms with E-state index in [2.05, 4.69) is 4.74 Å². The Bertz CT molecular complexity index is 1060. The van der Waals surface area contributed by atoms with Gasteiger partial charge in [0, 0.05) is 13.1 Å². The van der Waals surface area contributed by atoms with Crippen molar-refractivity contribution in [1.82, 2.24) is 9.47 Å². The van der Waals surface area contributed by atoms with E-state index in [4.69, 9.17) is 4.42 Å². The molecular weight excluding hydrogens is 389 g/mol. The summed E-state index contributed by atoms with van der Waals surface area (Å²) in [7, 11) is 0. The predicted octanol–water partition coefficient (Wildman–Crippen LogP) is 4.03. The maximum atomic E-state index is 12.4. The van der Waals surface area contributed by atoms with Crippen molar-refractivity contribution in [3.63, 3.8) is 0 Å². The summed E-state index contributed by atoms with van der Waals surface area (Å²) >= 11 is 0. The van der Waals surface area contributed by atoms with E-state index < -0.39 is 12.1 Å². The van der Waals surface area contributed by atoms with Gasteiger partial charge < -0.3 is 14.1 Å². The number of aromatic nitrogens is 1. The van der Waals surface area contributed by atoms with E-state index >= 15 is 0 Å². The molecule has 0 N–H and O–H groups in total. The van der Waals surface area contributed by atoms with Gasteiger partial charge in [0.25, 0.3) is 0 Å². The van der Waals surface area contributed by atoms with Gasteiger partial charge in [-0.05, 0) is 49.2 Å². The number of rotatable bonds is 6. The lowest BCUT2D eigenvalue weighted by molar-refractivity contribution is -0.274. The SMILES string of the molecule is CCN(CC)C(=O)Cn1c(=O)oc2ccc(-c3ccc(OC(F)(F)F)cc3)cc21. The van der Waals surface area contributed by atoms with E-state index in [1.807, 2.05) is 13.8 Å². The number of oxazole rings is 1. The van der Waals surface area contributed by atoms with Crippen LogP contribution in [-0.2, 0) is 11.3 Å². The van der Waals surface area contributed by atoms with Gasteiger partial charge in [-0.2, -0.15) is 0 Å². The second-order valence-corrected chi connectivity index (χ2v) is 6.27. The van der Waals surface area contributed by atoms with Gasteiger partial charge in [-0.3, -0.25) is 9.36 Å². The lowest BCUT2D eigenvalue weighted by Gasteiger charge is -2.18. The van der Waals surface area contributed by atoms with Crippen molar-refractivity contribution in [3.8, 4) is 16.9 Å². The second kappa shape index (κ2) is 8.02. The number of likely N-dealkylation sites (N-methyl/N-ethyl adjacent to an activating group) is 1. The van der Waals surface area contributed by atoms with Crippen LogP contribution in [0.4, 0.5) is 13.2 Å². The van der Waals surface area contributed by atoms with E-state index in [1.165, 1.54) is 28.8 Å². The molecule has 0 spiro atoms. The molecule has 0 radical (unpaired) electrons. The minimum absolute atomic E-state index is 0.157. The molecule has 0 aliphatic rings. The molecule has 3 aromatic rings. The van der Waals surface area contributed by atoms with Gasteiger partial charge in [0.1, 0.15) is 12.3 Å². The monoisotopic (exact) mass is 408 g/mol. The Morgan fingerprint density at radius 2 is 1.69 bits per heavy atom. The summed E-state index contributed by atoms with van der Waals surface area (Å²) in [5.74, 6) is -1.18. The first kappa shape index (κ1) is 20.5. The Labute approximate surface area is 164 Å². The zero-order chi connectivity index (χ0) is 21.2. The molecule has 2 aromatic carbocycles. The van der Waals surface area contributed by atoms with Gasteiger partial charge in [-0.15, -0.1) is 13.2 Å². The van der Waals surface area contributed by atoms with Crippen LogP contribution in [0.2, 0.25) is 0 Å². The van der Waals surface area contributed by atoms with Crippen LogP contribution >= 0.6 is 0 Å². The largest absolute Gasteiger partial charge is 0.573 e. The molecule has 0 bridgehead atoms. The molecule has 0 unspecified atom stereocenters. The van der Waals surface area contributed by atoms with Crippen molar-refractivity contribution < 1.29 is 27.1 Å². The quantitative estimate of drug-likeness (QED) is 0.618. The molecule has 0 saturated carbocycles. The van der Waals surface area contributed by atoms with Crippen LogP contribution in [0.15, 0.2) is 51.7 Å². The van der Waals surface area contributed by atoms with Crippen LogP contribution in [0.3, 0.4) is 0 Å². The minimum atomic E-state index is -4.76. The molecule has 3 rings (SSSR count). The highest BCUT2D eigenvalue weighted by Gasteiger charge is 2.31. The fourth-order valence-corrected chi connectivity index (χ4v) is 3.05. The molecular formula is C20H19F3N2O4. The lowest BCUT2D eigenvalue weighted by atomic mass is 10.1. The summed E-state index contributed by atoms with van der Waals surface area (Å²) in [6.45, 7) is 4.59. The predicted molar refractivity (Wildman–Crippen MR) is 101 cm³/mol. The Hall–Kier alpha value is -3.23. The van der Waals surface area contributed by atoms with Crippen molar-refractivity contribution in [3.05, 3.63) is 53.0 Å². The molecule has 29 heavy (non-hydrogen) atoms. The summed E-state index contributed by atoms with van der Waals surface area (Å²) in [6, 6.07) is 10.3. The summed E-state index contributed by atoms with van der Waals surface area (Å²) < 4.78 is 47.2. The van der Waals surface area contributed by atoms with E-state index in [9.17, 15) is 22.8 Å². The second-order valence-electron chi connectivity index (χ2n) is 6.27. The molecule has 0 atom stereocenters. The highest BCUT2D eigenvalue weighted by molar-refractivity contribution is 5.83. The summed E-state index contributed by atoms with van der Waals surface area (Å²) in [5, 5.41) is 0. The first-order chi connectivity index (χ1) is 13.7. The van der Waals surface area contributed by atoms with Crippen LogP contribution in [0.1, 0.15) is 13.8 Å². The number of amides is 1. The van der Waals surface area contributed by atoms with E-state index in [-0.39, 0.29) is 18.2 Å². The zero-order valence-electron chi connectivity index (χ0n) is 15.8. The van der Waals surface area contributed by atoms with Crippen LogP contribution in [0.5, 0.6) is 5.75 Å². The Kier molecular flexibility index (Phi) is 5.67. The third-order valence-electron chi connectivity index (χ3n) is 4.50. The van der Waals surface area contributed by atoms with Crippen LogP contribution < -0.4 is 10.5 Å². The average Bonchev–Trinajstić information content (AvgIpc) is 2.97. The van der Waals surface area contributed by atoms with Crippen LogP contribution in [0, 0.1) is 0 Å². The minimum Gasteiger partial charge on any atom is -0.408 e. The van der Waals surface area contributed by atoms with Gasteiger partial charge in [0.15, 0.2) is 5.58 Å². The van der Waals surface area contributed by atoms with E-state index in [1.54, 1.807) is 23.1 Å². The zero-order valence-corrected chi connectivity index (χ0v) is 15.8. The molecule has 1 aromatic heterocycles. The third-order valence-corrected chi connectivity index (χ3v) is 4.50. The van der Waals surface area contributed by atoms with Crippen molar-refractivity contribution in [1.29, 1.82) is 0 Å². The standard InChI is InChI=1S/C20H19F3N2O4/c1-3-24(4-2)18(26)12-25-16-11-14(7-10-17(16)28-19(25)27)13-5-8-15(9-6-13)29-20(21,22)23/h5-11H,3-4,12H2,1-2H3. The number of hydrogen-bond acceptors (Lipinski definition) is 4. The van der Waals surface area contributed by atoms with E-state index in [0.717, 1.165) is 0 Å². The van der Waals surface area contributed by atoms with Gasteiger partial charge >= 0.3 is 12.1 Å². The highest BCUT2D eigenvalue weighted by atomic mass is 19.4. The number of hydrogen-bond donors (Lipinski definition) is 0. The van der Waals surface area contributed by atoms with E-state index in [0.29, 0.717) is 35.3 Å². The number of benzene rings is 2. The molecule has 0 aliphatic carbocycles. The number of ether oxygens (including phenoxy) is 1. The Morgan fingerprint density at radius 1 is 1.07 bits per heavy atom. The maximum absolute atomic E-state index is 12.4. The Balaban J connectivity index is 1.93. The number of carbonyl (C=O) groups is 1. The molecule has 1 amide bonds. The first-order valence-corrected chi connectivity index (χ1v) is 8.99. The normalized spacial score (nSPS) is 11.6. The molecule has 0 fully saturated rings.